The molecule has 0 atom stereocenters. The Morgan fingerprint density at radius 1 is 1.00 bits per heavy atom. The number of benzene rings is 2. The number of aryl methyl sites for hydroxylation is 1. The van der Waals surface area contributed by atoms with E-state index in [0.29, 0.717) is 31.8 Å². The number of carbonyl (C=O) groups is 1. The van der Waals surface area contributed by atoms with Gasteiger partial charge in [-0.25, -0.2) is 9.37 Å². The summed E-state index contributed by atoms with van der Waals surface area (Å²) in [6.45, 7) is 2.82. The van der Waals surface area contributed by atoms with Crippen molar-refractivity contribution in [2.24, 2.45) is 0 Å². The third-order valence-corrected chi connectivity index (χ3v) is 4.99. The number of nitrogens with zero attached hydrogens (tertiary/aromatic N) is 3. The average Bonchev–Trinajstić information content (AvgIpc) is 3.22. The fourth-order valence-corrected chi connectivity index (χ4v) is 3.40. The minimum absolute atomic E-state index is 0.109. The molecule has 0 bridgehead atoms. The molecule has 0 spiro atoms. The average molecular weight is 379 g/mol. The van der Waals surface area contributed by atoms with E-state index < -0.39 is 0 Å². The molecular formula is C22H22FN3O2. The highest BCUT2D eigenvalue weighted by atomic mass is 19.1. The van der Waals surface area contributed by atoms with Gasteiger partial charge in [-0.3, -0.25) is 4.79 Å². The Balaban J connectivity index is 1.27. The summed E-state index contributed by atoms with van der Waals surface area (Å²) >= 11 is 0. The Hall–Kier alpha value is -3.15. The summed E-state index contributed by atoms with van der Waals surface area (Å²) in [5.74, 6) is 1.17. The molecular weight excluding hydrogens is 357 g/mol. The fourth-order valence-electron chi connectivity index (χ4n) is 3.40. The van der Waals surface area contributed by atoms with Crippen LogP contribution in [0.1, 0.15) is 12.3 Å². The lowest BCUT2D eigenvalue weighted by molar-refractivity contribution is -0.131. The molecule has 6 heteroatoms. The number of halogens is 1. The van der Waals surface area contributed by atoms with E-state index in [9.17, 15) is 9.18 Å². The van der Waals surface area contributed by atoms with Gasteiger partial charge in [0.1, 0.15) is 5.82 Å². The van der Waals surface area contributed by atoms with Crippen molar-refractivity contribution in [1.29, 1.82) is 0 Å². The van der Waals surface area contributed by atoms with Crippen LogP contribution in [-0.4, -0.2) is 42.0 Å². The molecule has 144 valence electrons. The molecule has 1 saturated heterocycles. The first kappa shape index (κ1) is 18.2. The Bertz CT molecular complexity index is 916. The van der Waals surface area contributed by atoms with Crippen LogP contribution in [0.2, 0.25) is 0 Å². The predicted octanol–water partition coefficient (Wildman–Crippen LogP) is 3.76. The van der Waals surface area contributed by atoms with Crippen LogP contribution < -0.4 is 4.90 Å². The molecule has 1 amide bonds. The van der Waals surface area contributed by atoms with Gasteiger partial charge in [0, 0.05) is 50.3 Å². The van der Waals surface area contributed by atoms with Crippen LogP contribution >= 0.6 is 0 Å². The third-order valence-electron chi connectivity index (χ3n) is 4.99. The van der Waals surface area contributed by atoms with Gasteiger partial charge < -0.3 is 14.2 Å². The normalized spacial score (nSPS) is 14.3. The topological polar surface area (TPSA) is 49.6 Å². The van der Waals surface area contributed by atoms with Crippen molar-refractivity contribution in [1.82, 2.24) is 9.88 Å². The van der Waals surface area contributed by atoms with Crippen LogP contribution in [0.3, 0.4) is 0 Å². The van der Waals surface area contributed by atoms with Crippen LogP contribution in [0.4, 0.5) is 10.1 Å². The Morgan fingerprint density at radius 2 is 1.71 bits per heavy atom. The molecule has 0 aliphatic carbocycles. The summed E-state index contributed by atoms with van der Waals surface area (Å²) in [6.07, 6.45) is 2.58. The maximum absolute atomic E-state index is 13.1. The standard InChI is InChI=1S/C22H22FN3O2/c23-18-6-8-19(9-7-18)25-12-14-26(15-13-25)22(27)11-10-21-24-16-20(28-21)17-4-2-1-3-5-17/h1-9,16H,10-15H2. The summed E-state index contributed by atoms with van der Waals surface area (Å²) in [5.41, 5.74) is 1.96. The first-order chi connectivity index (χ1) is 13.7. The van der Waals surface area contributed by atoms with Crippen molar-refractivity contribution in [3.05, 3.63) is 72.5 Å². The summed E-state index contributed by atoms with van der Waals surface area (Å²) in [5, 5.41) is 0. The Kier molecular flexibility index (Phi) is 5.37. The molecule has 1 aliphatic rings. The fraction of sp³-hybridized carbons (Fsp3) is 0.273. The molecule has 0 saturated carbocycles. The van der Waals surface area contributed by atoms with Crippen molar-refractivity contribution < 1.29 is 13.6 Å². The molecule has 5 nitrogen and oxygen atoms in total. The van der Waals surface area contributed by atoms with Crippen LogP contribution in [0.25, 0.3) is 11.3 Å². The summed E-state index contributed by atoms with van der Waals surface area (Å²) in [6, 6.07) is 16.3. The van der Waals surface area contributed by atoms with Gasteiger partial charge in [0.2, 0.25) is 5.91 Å². The van der Waals surface area contributed by atoms with E-state index in [0.717, 1.165) is 30.1 Å². The van der Waals surface area contributed by atoms with Crippen molar-refractivity contribution in [2.45, 2.75) is 12.8 Å². The van der Waals surface area contributed by atoms with Gasteiger partial charge in [-0.2, -0.15) is 0 Å². The zero-order chi connectivity index (χ0) is 19.3. The minimum atomic E-state index is -0.237. The molecule has 1 aromatic heterocycles. The van der Waals surface area contributed by atoms with E-state index >= 15 is 0 Å². The number of rotatable bonds is 5. The summed E-state index contributed by atoms with van der Waals surface area (Å²) in [7, 11) is 0. The molecule has 0 unspecified atom stereocenters. The zero-order valence-corrected chi connectivity index (χ0v) is 15.6. The SMILES string of the molecule is O=C(CCc1ncc(-c2ccccc2)o1)N1CCN(c2ccc(F)cc2)CC1. The summed E-state index contributed by atoms with van der Waals surface area (Å²) < 4.78 is 18.8. The lowest BCUT2D eigenvalue weighted by Gasteiger charge is -2.36. The predicted molar refractivity (Wildman–Crippen MR) is 105 cm³/mol. The lowest BCUT2D eigenvalue weighted by atomic mass is 10.2. The van der Waals surface area contributed by atoms with Gasteiger partial charge in [0.25, 0.3) is 0 Å². The third kappa shape index (κ3) is 4.22. The van der Waals surface area contributed by atoms with Gasteiger partial charge in [-0.15, -0.1) is 0 Å². The van der Waals surface area contributed by atoms with E-state index in [4.69, 9.17) is 4.42 Å². The van der Waals surface area contributed by atoms with Crippen molar-refractivity contribution >= 4 is 11.6 Å². The molecule has 4 rings (SSSR count). The second kappa shape index (κ2) is 8.25. The van der Waals surface area contributed by atoms with Gasteiger partial charge in [-0.05, 0) is 24.3 Å². The van der Waals surface area contributed by atoms with Gasteiger partial charge in [0.15, 0.2) is 11.7 Å². The van der Waals surface area contributed by atoms with Crippen LogP contribution in [0, 0.1) is 5.82 Å². The number of aromatic nitrogens is 1. The number of anilines is 1. The van der Waals surface area contributed by atoms with E-state index in [1.54, 1.807) is 18.3 Å². The van der Waals surface area contributed by atoms with E-state index in [2.05, 4.69) is 9.88 Å². The maximum atomic E-state index is 13.1. The maximum Gasteiger partial charge on any atom is 0.223 e. The quantitative estimate of drug-likeness (QED) is 0.677. The lowest BCUT2D eigenvalue weighted by Crippen LogP contribution is -2.48. The molecule has 3 aromatic rings. The summed E-state index contributed by atoms with van der Waals surface area (Å²) in [4.78, 5) is 20.9. The van der Waals surface area contributed by atoms with Gasteiger partial charge in [-0.1, -0.05) is 30.3 Å². The van der Waals surface area contributed by atoms with Crippen molar-refractivity contribution in [3.8, 4) is 11.3 Å². The molecule has 1 fully saturated rings. The zero-order valence-electron chi connectivity index (χ0n) is 15.6. The minimum Gasteiger partial charge on any atom is -0.441 e. The van der Waals surface area contributed by atoms with Crippen molar-refractivity contribution in [2.75, 3.05) is 31.1 Å². The molecule has 1 aliphatic heterocycles. The molecule has 0 radical (unpaired) electrons. The highest BCUT2D eigenvalue weighted by Crippen LogP contribution is 2.21. The van der Waals surface area contributed by atoms with Gasteiger partial charge >= 0.3 is 0 Å². The van der Waals surface area contributed by atoms with E-state index in [-0.39, 0.29) is 11.7 Å². The first-order valence-electron chi connectivity index (χ1n) is 9.47. The first-order valence-corrected chi connectivity index (χ1v) is 9.47. The molecule has 2 aromatic carbocycles. The van der Waals surface area contributed by atoms with E-state index in [1.807, 2.05) is 35.2 Å². The van der Waals surface area contributed by atoms with Gasteiger partial charge in [0.05, 0.1) is 6.20 Å². The number of piperazine rings is 1. The largest absolute Gasteiger partial charge is 0.441 e. The highest BCUT2D eigenvalue weighted by Gasteiger charge is 2.21. The monoisotopic (exact) mass is 379 g/mol. The smallest absolute Gasteiger partial charge is 0.223 e. The number of hydrogen-bond donors (Lipinski definition) is 0. The van der Waals surface area contributed by atoms with Crippen molar-refractivity contribution in [3.63, 3.8) is 0 Å². The number of oxazole rings is 1. The number of amides is 1. The molecule has 0 N–H and O–H groups in total. The Labute approximate surface area is 163 Å². The van der Waals surface area contributed by atoms with Crippen LogP contribution in [0.15, 0.2) is 65.2 Å². The van der Waals surface area contributed by atoms with Crippen LogP contribution in [-0.2, 0) is 11.2 Å². The molecule has 28 heavy (non-hydrogen) atoms. The van der Waals surface area contributed by atoms with E-state index in [1.165, 1.54) is 12.1 Å². The Morgan fingerprint density at radius 3 is 2.43 bits per heavy atom. The number of hydrogen-bond acceptors (Lipinski definition) is 4. The second-order valence-electron chi connectivity index (χ2n) is 6.83. The second-order valence-corrected chi connectivity index (χ2v) is 6.83. The molecule has 2 heterocycles. The number of carbonyl (C=O) groups excluding carboxylic acids is 1. The highest BCUT2D eigenvalue weighted by molar-refractivity contribution is 5.76. The van der Waals surface area contributed by atoms with Crippen LogP contribution in [0.5, 0.6) is 0 Å².